The van der Waals surface area contributed by atoms with Crippen LogP contribution in [0.2, 0.25) is 0 Å². The number of aryl methyl sites for hydroxylation is 1. The highest BCUT2D eigenvalue weighted by molar-refractivity contribution is 5.44. The van der Waals surface area contributed by atoms with Gasteiger partial charge in [0, 0.05) is 31.2 Å². The van der Waals surface area contributed by atoms with E-state index in [0.717, 1.165) is 18.0 Å². The quantitative estimate of drug-likeness (QED) is 0.889. The molecule has 1 heterocycles. The molecule has 1 atom stereocenters. The molecule has 0 spiro atoms. The number of hydrogen-bond donors (Lipinski definition) is 1. The van der Waals surface area contributed by atoms with Gasteiger partial charge < -0.3 is 9.88 Å². The van der Waals surface area contributed by atoms with Gasteiger partial charge in [0.15, 0.2) is 11.6 Å². The van der Waals surface area contributed by atoms with Crippen LogP contribution in [0, 0.1) is 11.6 Å². The van der Waals surface area contributed by atoms with Crippen molar-refractivity contribution >= 4 is 5.69 Å². The van der Waals surface area contributed by atoms with E-state index in [1.165, 1.54) is 6.07 Å². The van der Waals surface area contributed by atoms with Crippen LogP contribution in [0.15, 0.2) is 30.6 Å². The minimum Gasteiger partial charge on any atom is -0.375 e. The summed E-state index contributed by atoms with van der Waals surface area (Å²) < 4.78 is 27.6. The second-order valence-electron chi connectivity index (χ2n) is 3.89. The van der Waals surface area contributed by atoms with Gasteiger partial charge >= 0.3 is 0 Å². The summed E-state index contributed by atoms with van der Waals surface area (Å²) in [4.78, 5) is 4.18. The maximum Gasteiger partial charge on any atom is 0.160 e. The fourth-order valence-corrected chi connectivity index (χ4v) is 1.69. The average Bonchev–Trinajstić information content (AvgIpc) is 2.70. The molecule has 0 fully saturated rings. The Labute approximate surface area is 98.1 Å². The molecule has 0 bridgehead atoms. The van der Waals surface area contributed by atoms with Gasteiger partial charge in [0.25, 0.3) is 0 Å². The SMILES string of the molecule is CC(Nc1ccc(F)c(F)c1)c1nccn1C. The molecular formula is C12H13F2N3. The number of halogens is 2. The van der Waals surface area contributed by atoms with Gasteiger partial charge in [-0.1, -0.05) is 0 Å². The second-order valence-corrected chi connectivity index (χ2v) is 3.89. The molecule has 5 heteroatoms. The lowest BCUT2D eigenvalue weighted by molar-refractivity contribution is 0.509. The first kappa shape index (κ1) is 11.6. The summed E-state index contributed by atoms with van der Waals surface area (Å²) in [6.45, 7) is 1.91. The smallest absolute Gasteiger partial charge is 0.160 e. The number of aromatic nitrogens is 2. The molecule has 0 aliphatic rings. The van der Waals surface area contributed by atoms with Gasteiger partial charge in [0.1, 0.15) is 5.82 Å². The zero-order chi connectivity index (χ0) is 12.4. The highest BCUT2D eigenvalue weighted by Crippen LogP contribution is 2.19. The van der Waals surface area contributed by atoms with E-state index in [0.29, 0.717) is 5.69 Å². The lowest BCUT2D eigenvalue weighted by Crippen LogP contribution is -2.12. The number of hydrogen-bond acceptors (Lipinski definition) is 2. The summed E-state index contributed by atoms with van der Waals surface area (Å²) in [5.74, 6) is -0.878. The summed E-state index contributed by atoms with van der Waals surface area (Å²) in [6, 6.07) is 3.65. The lowest BCUT2D eigenvalue weighted by atomic mass is 10.2. The van der Waals surface area contributed by atoms with E-state index in [2.05, 4.69) is 10.3 Å². The van der Waals surface area contributed by atoms with Crippen molar-refractivity contribution in [3.63, 3.8) is 0 Å². The van der Waals surface area contributed by atoms with Crippen LogP contribution in [0.5, 0.6) is 0 Å². The van der Waals surface area contributed by atoms with Crippen LogP contribution in [-0.2, 0) is 7.05 Å². The topological polar surface area (TPSA) is 29.9 Å². The molecule has 0 saturated heterocycles. The van der Waals surface area contributed by atoms with Gasteiger partial charge in [0.05, 0.1) is 6.04 Å². The monoisotopic (exact) mass is 237 g/mol. The highest BCUT2D eigenvalue weighted by Gasteiger charge is 2.11. The van der Waals surface area contributed by atoms with E-state index in [4.69, 9.17) is 0 Å². The minimum absolute atomic E-state index is 0.0835. The highest BCUT2D eigenvalue weighted by atomic mass is 19.2. The number of anilines is 1. The first-order valence-corrected chi connectivity index (χ1v) is 5.26. The molecule has 2 aromatic rings. The van der Waals surface area contributed by atoms with Crippen LogP contribution in [0.4, 0.5) is 14.5 Å². The van der Waals surface area contributed by atoms with Gasteiger partial charge in [0.2, 0.25) is 0 Å². The summed E-state index contributed by atoms with van der Waals surface area (Å²) in [5, 5.41) is 3.06. The van der Waals surface area contributed by atoms with Gasteiger partial charge in [-0.25, -0.2) is 13.8 Å². The summed E-state index contributed by atoms with van der Waals surface area (Å²) in [5.41, 5.74) is 0.527. The molecule has 1 aromatic carbocycles. The molecule has 0 saturated carbocycles. The largest absolute Gasteiger partial charge is 0.375 e. The zero-order valence-electron chi connectivity index (χ0n) is 9.61. The molecule has 1 N–H and O–H groups in total. The van der Waals surface area contributed by atoms with Crippen molar-refractivity contribution in [1.29, 1.82) is 0 Å². The third-order valence-electron chi connectivity index (χ3n) is 2.55. The Morgan fingerprint density at radius 3 is 2.65 bits per heavy atom. The van der Waals surface area contributed by atoms with Crippen molar-refractivity contribution in [1.82, 2.24) is 9.55 Å². The Balaban J connectivity index is 2.16. The Morgan fingerprint density at radius 2 is 2.06 bits per heavy atom. The maximum atomic E-state index is 13.0. The molecule has 3 nitrogen and oxygen atoms in total. The van der Waals surface area contributed by atoms with Crippen molar-refractivity contribution in [2.45, 2.75) is 13.0 Å². The van der Waals surface area contributed by atoms with Crippen molar-refractivity contribution in [2.75, 3.05) is 5.32 Å². The zero-order valence-corrected chi connectivity index (χ0v) is 9.61. The molecule has 0 amide bonds. The Hall–Kier alpha value is -1.91. The van der Waals surface area contributed by atoms with Crippen LogP contribution in [-0.4, -0.2) is 9.55 Å². The van der Waals surface area contributed by atoms with Gasteiger partial charge in [-0.15, -0.1) is 0 Å². The molecule has 17 heavy (non-hydrogen) atoms. The molecule has 1 unspecified atom stereocenters. The molecule has 90 valence electrons. The van der Waals surface area contributed by atoms with Crippen LogP contribution >= 0.6 is 0 Å². The minimum atomic E-state index is -0.859. The van der Waals surface area contributed by atoms with E-state index in [9.17, 15) is 8.78 Å². The first-order chi connectivity index (χ1) is 8.08. The van der Waals surface area contributed by atoms with E-state index in [1.807, 2.05) is 24.7 Å². The van der Waals surface area contributed by atoms with Crippen LogP contribution in [0.3, 0.4) is 0 Å². The lowest BCUT2D eigenvalue weighted by Gasteiger charge is -2.15. The summed E-state index contributed by atoms with van der Waals surface area (Å²) in [6.07, 6.45) is 3.53. The Bertz CT molecular complexity index is 522. The van der Waals surface area contributed by atoms with Gasteiger partial charge in [-0.2, -0.15) is 0 Å². The summed E-state index contributed by atoms with van der Waals surface area (Å²) >= 11 is 0. The molecular weight excluding hydrogens is 224 g/mol. The molecule has 0 radical (unpaired) electrons. The van der Waals surface area contributed by atoms with Crippen LogP contribution in [0.1, 0.15) is 18.8 Å². The number of imidazole rings is 1. The van der Waals surface area contributed by atoms with Crippen molar-refractivity contribution in [2.24, 2.45) is 7.05 Å². The molecule has 0 aliphatic carbocycles. The fourth-order valence-electron chi connectivity index (χ4n) is 1.69. The third kappa shape index (κ3) is 2.43. The normalized spacial score (nSPS) is 12.5. The number of nitrogens with zero attached hydrogens (tertiary/aromatic N) is 2. The van der Waals surface area contributed by atoms with Crippen molar-refractivity contribution in [3.8, 4) is 0 Å². The maximum absolute atomic E-state index is 13.0. The predicted molar refractivity (Wildman–Crippen MR) is 61.6 cm³/mol. The standard InChI is InChI=1S/C12H13F2N3/c1-8(12-15-5-6-17(12)2)16-9-3-4-10(13)11(14)7-9/h3-8,16H,1-2H3. The van der Waals surface area contributed by atoms with Crippen LogP contribution < -0.4 is 5.32 Å². The first-order valence-electron chi connectivity index (χ1n) is 5.26. The fraction of sp³-hybridized carbons (Fsp3) is 0.250. The average molecular weight is 237 g/mol. The number of rotatable bonds is 3. The van der Waals surface area contributed by atoms with Gasteiger partial charge in [-0.05, 0) is 19.1 Å². The predicted octanol–water partition coefficient (Wildman–Crippen LogP) is 2.87. The van der Waals surface area contributed by atoms with Crippen molar-refractivity contribution in [3.05, 3.63) is 48.1 Å². The molecule has 1 aromatic heterocycles. The second kappa shape index (κ2) is 4.53. The van der Waals surface area contributed by atoms with E-state index in [1.54, 1.807) is 6.20 Å². The van der Waals surface area contributed by atoms with Crippen LogP contribution in [0.25, 0.3) is 0 Å². The number of nitrogens with one attached hydrogen (secondary N) is 1. The van der Waals surface area contributed by atoms with Crippen molar-refractivity contribution < 1.29 is 8.78 Å². The van der Waals surface area contributed by atoms with E-state index in [-0.39, 0.29) is 6.04 Å². The van der Waals surface area contributed by atoms with E-state index < -0.39 is 11.6 Å². The molecule has 0 aliphatic heterocycles. The third-order valence-corrected chi connectivity index (χ3v) is 2.55. The summed E-state index contributed by atoms with van der Waals surface area (Å²) in [7, 11) is 1.88. The van der Waals surface area contributed by atoms with E-state index >= 15 is 0 Å². The number of benzene rings is 1. The Morgan fingerprint density at radius 1 is 1.29 bits per heavy atom. The Kier molecular flexibility index (Phi) is 3.08. The molecule has 2 rings (SSSR count). The van der Waals surface area contributed by atoms with Gasteiger partial charge in [-0.3, -0.25) is 0 Å².